The summed E-state index contributed by atoms with van der Waals surface area (Å²) in [5, 5.41) is 3.25. The average Bonchev–Trinajstić information content (AvgIpc) is 3.47. The lowest BCUT2D eigenvalue weighted by Gasteiger charge is -2.36. The number of nitrogens with one attached hydrogen (secondary N) is 1. The van der Waals surface area contributed by atoms with Gasteiger partial charge in [0.15, 0.2) is 11.4 Å². The van der Waals surface area contributed by atoms with E-state index >= 15 is 0 Å². The maximum absolute atomic E-state index is 13.4. The van der Waals surface area contributed by atoms with E-state index in [1.54, 1.807) is 24.1 Å². The molecule has 0 saturated carbocycles. The first kappa shape index (κ1) is 31.0. The zero-order chi connectivity index (χ0) is 32.3. The van der Waals surface area contributed by atoms with E-state index in [2.05, 4.69) is 10.3 Å². The Morgan fingerprint density at radius 2 is 1.78 bits per heavy atom. The number of piperidine rings is 1. The van der Waals surface area contributed by atoms with Crippen LogP contribution >= 0.6 is 0 Å². The van der Waals surface area contributed by atoms with Crippen LogP contribution in [0.15, 0.2) is 84.7 Å². The highest BCUT2D eigenvalue weighted by molar-refractivity contribution is 6.04. The molecule has 1 aliphatic carbocycles. The Morgan fingerprint density at radius 3 is 2.50 bits per heavy atom. The van der Waals surface area contributed by atoms with E-state index < -0.39 is 11.5 Å². The summed E-state index contributed by atoms with van der Waals surface area (Å²) in [6.07, 6.45) is 5.90. The fraction of sp³-hybridized carbons (Fsp3) is 0.361. The molecule has 238 valence electrons. The van der Waals surface area contributed by atoms with E-state index in [0.717, 1.165) is 53.1 Å². The van der Waals surface area contributed by atoms with Gasteiger partial charge in [0.1, 0.15) is 24.0 Å². The van der Waals surface area contributed by atoms with Crippen molar-refractivity contribution in [3.8, 4) is 5.69 Å². The second-order valence-corrected chi connectivity index (χ2v) is 12.3. The number of rotatable bonds is 10. The third-order valence-electron chi connectivity index (χ3n) is 8.78. The zero-order valence-corrected chi connectivity index (χ0v) is 26.4. The molecule has 2 aliphatic rings. The number of hydrogen-bond acceptors (Lipinski definition) is 8. The third kappa shape index (κ3) is 6.24. The maximum Gasteiger partial charge on any atom is 0.410 e. The van der Waals surface area contributed by atoms with Gasteiger partial charge in [-0.25, -0.2) is 19.6 Å². The van der Waals surface area contributed by atoms with E-state index in [0.29, 0.717) is 18.6 Å². The molecule has 1 fully saturated rings. The van der Waals surface area contributed by atoms with Crippen LogP contribution in [0, 0.1) is 5.41 Å². The van der Waals surface area contributed by atoms with E-state index in [9.17, 15) is 14.4 Å². The van der Waals surface area contributed by atoms with E-state index in [1.807, 2.05) is 85.1 Å². The molecule has 1 aliphatic heterocycles. The van der Waals surface area contributed by atoms with Crippen LogP contribution in [0.4, 0.5) is 4.79 Å². The number of likely N-dealkylation sites (tertiary alicyclic amines) is 1. The number of esters is 1. The van der Waals surface area contributed by atoms with Gasteiger partial charge in [0, 0.05) is 36.6 Å². The van der Waals surface area contributed by atoms with Crippen LogP contribution in [0.25, 0.3) is 16.9 Å². The summed E-state index contributed by atoms with van der Waals surface area (Å²) < 4.78 is 13.1. The van der Waals surface area contributed by atoms with Crippen molar-refractivity contribution in [2.45, 2.75) is 65.1 Å². The molecule has 6 rings (SSSR count). The summed E-state index contributed by atoms with van der Waals surface area (Å²) in [7, 11) is 0. The topological polar surface area (TPSA) is 116 Å². The summed E-state index contributed by atoms with van der Waals surface area (Å²) >= 11 is 0. The SMILES string of the molecule is CCOC(=O)[C@H](Cc1ccc(-n2c([C@@H]3CCCCN3C(=O)OCc3ccccc3)nc3cccnc32)cc1)NC1=CC(=O)C1(C)C. The molecule has 1 saturated heterocycles. The van der Waals surface area contributed by atoms with Crippen LogP contribution in [-0.4, -0.2) is 56.5 Å². The maximum atomic E-state index is 13.4. The van der Waals surface area contributed by atoms with Gasteiger partial charge in [-0.3, -0.25) is 14.3 Å². The number of carbonyl (C=O) groups is 3. The highest BCUT2D eigenvalue weighted by Crippen LogP contribution is 2.36. The number of nitrogens with zero attached hydrogens (tertiary/aromatic N) is 4. The van der Waals surface area contributed by atoms with Crippen molar-refractivity contribution in [2.75, 3.05) is 13.2 Å². The number of benzene rings is 2. The van der Waals surface area contributed by atoms with Gasteiger partial charge in [-0.05, 0) is 75.4 Å². The van der Waals surface area contributed by atoms with Crippen LogP contribution in [0.2, 0.25) is 0 Å². The van der Waals surface area contributed by atoms with Gasteiger partial charge in [-0.2, -0.15) is 0 Å². The number of fused-ring (bicyclic) bond motifs is 1. The van der Waals surface area contributed by atoms with Gasteiger partial charge >= 0.3 is 12.1 Å². The Hall–Kier alpha value is -4.99. The Balaban J connectivity index is 1.27. The second kappa shape index (κ2) is 13.2. The first-order valence-electron chi connectivity index (χ1n) is 15.9. The quantitative estimate of drug-likeness (QED) is 0.220. The molecular weight excluding hydrogens is 582 g/mol. The Labute approximate surface area is 268 Å². The van der Waals surface area contributed by atoms with Crippen molar-refractivity contribution >= 4 is 29.0 Å². The Morgan fingerprint density at radius 1 is 1.00 bits per heavy atom. The zero-order valence-electron chi connectivity index (χ0n) is 26.4. The van der Waals surface area contributed by atoms with E-state index in [-0.39, 0.29) is 37.1 Å². The number of amides is 1. The minimum atomic E-state index is -0.651. The van der Waals surface area contributed by atoms with Crippen molar-refractivity contribution in [2.24, 2.45) is 5.41 Å². The summed E-state index contributed by atoms with van der Waals surface area (Å²) in [4.78, 5) is 49.8. The summed E-state index contributed by atoms with van der Waals surface area (Å²) in [6, 6.07) is 20.4. The smallest absolute Gasteiger partial charge is 0.410 e. The highest BCUT2D eigenvalue weighted by Gasteiger charge is 2.41. The molecule has 2 aromatic heterocycles. The number of hydrogen-bond donors (Lipinski definition) is 1. The van der Waals surface area contributed by atoms with Crippen molar-refractivity contribution in [3.05, 3.63) is 102 Å². The number of imidazole rings is 1. The summed E-state index contributed by atoms with van der Waals surface area (Å²) in [6.45, 7) is 6.50. The van der Waals surface area contributed by atoms with Crippen molar-refractivity contribution < 1.29 is 23.9 Å². The Bertz CT molecular complexity index is 1760. The molecule has 0 bridgehead atoms. The number of allylic oxidation sites excluding steroid dienone is 2. The predicted octanol–water partition coefficient (Wildman–Crippen LogP) is 5.84. The number of ketones is 1. The molecule has 0 unspecified atom stereocenters. The monoisotopic (exact) mass is 621 g/mol. The first-order chi connectivity index (χ1) is 22.3. The standard InChI is InChI=1S/C36H39N5O5/c1-4-45-34(43)28(38-30-22-31(42)36(30,2)3)21-24-15-17-26(18-16-24)41-32-27(13-10-19-37-32)39-33(41)29-14-8-9-20-40(29)35(44)46-23-25-11-6-5-7-12-25/h5-7,10-13,15-19,22,28-29,38H,4,8-9,14,20-21,23H2,1-3H3/t28-,29-/m0/s1. The van der Waals surface area contributed by atoms with Crippen LogP contribution in [0.1, 0.15) is 63.0 Å². The van der Waals surface area contributed by atoms with Gasteiger partial charge in [-0.1, -0.05) is 42.5 Å². The van der Waals surface area contributed by atoms with Crippen molar-refractivity contribution in [1.29, 1.82) is 0 Å². The molecule has 0 spiro atoms. The lowest BCUT2D eigenvalue weighted by atomic mass is 9.74. The predicted molar refractivity (Wildman–Crippen MR) is 173 cm³/mol. The van der Waals surface area contributed by atoms with Crippen LogP contribution in [-0.2, 0) is 32.1 Å². The number of pyridine rings is 1. The minimum Gasteiger partial charge on any atom is -0.464 e. The summed E-state index contributed by atoms with van der Waals surface area (Å²) in [5.74, 6) is 0.388. The molecule has 3 heterocycles. The molecule has 46 heavy (non-hydrogen) atoms. The fourth-order valence-electron chi connectivity index (χ4n) is 6.04. The minimum absolute atomic E-state index is 0.0277. The molecule has 10 heteroatoms. The van der Waals surface area contributed by atoms with Crippen molar-refractivity contribution in [1.82, 2.24) is 24.8 Å². The molecule has 4 aromatic rings. The molecule has 10 nitrogen and oxygen atoms in total. The van der Waals surface area contributed by atoms with Crippen molar-refractivity contribution in [3.63, 3.8) is 0 Å². The number of carbonyl (C=O) groups excluding carboxylic acids is 3. The lowest BCUT2D eigenvalue weighted by molar-refractivity contribution is -0.145. The summed E-state index contributed by atoms with van der Waals surface area (Å²) in [5.41, 5.74) is 4.21. The van der Waals surface area contributed by atoms with Gasteiger partial charge in [0.25, 0.3) is 0 Å². The second-order valence-electron chi connectivity index (χ2n) is 12.3. The van der Waals surface area contributed by atoms with Gasteiger partial charge < -0.3 is 14.8 Å². The first-order valence-corrected chi connectivity index (χ1v) is 15.9. The number of aromatic nitrogens is 3. The van der Waals surface area contributed by atoms with Gasteiger partial charge in [-0.15, -0.1) is 0 Å². The highest BCUT2D eigenvalue weighted by atomic mass is 16.6. The van der Waals surface area contributed by atoms with Gasteiger partial charge in [0.05, 0.1) is 18.1 Å². The van der Waals surface area contributed by atoms with Gasteiger partial charge in [0.2, 0.25) is 0 Å². The van der Waals surface area contributed by atoms with Crippen LogP contribution < -0.4 is 5.32 Å². The molecule has 1 amide bonds. The fourth-order valence-corrected chi connectivity index (χ4v) is 6.04. The molecule has 1 N–H and O–H groups in total. The molecular formula is C36H39N5O5. The number of ether oxygens (including phenoxy) is 2. The molecule has 2 atom stereocenters. The Kier molecular flexibility index (Phi) is 8.87. The lowest BCUT2D eigenvalue weighted by Crippen LogP contribution is -2.48. The van der Waals surface area contributed by atoms with Crippen LogP contribution in [0.3, 0.4) is 0 Å². The molecule has 0 radical (unpaired) electrons. The molecule has 2 aromatic carbocycles. The normalized spacial score (nSPS) is 18.0. The van der Waals surface area contributed by atoms with E-state index in [1.165, 1.54) is 0 Å². The average molecular weight is 622 g/mol. The third-order valence-corrected chi connectivity index (χ3v) is 8.78. The van der Waals surface area contributed by atoms with Crippen LogP contribution in [0.5, 0.6) is 0 Å². The largest absolute Gasteiger partial charge is 0.464 e. The van der Waals surface area contributed by atoms with E-state index in [4.69, 9.17) is 14.5 Å².